The van der Waals surface area contributed by atoms with E-state index in [9.17, 15) is 0 Å². The second kappa shape index (κ2) is 7.71. The van der Waals surface area contributed by atoms with Gasteiger partial charge in [0, 0.05) is 32.0 Å². The van der Waals surface area contributed by atoms with E-state index < -0.39 is 0 Å². The molecule has 4 aliphatic heterocycles. The molecular formula is C16H23N15. The van der Waals surface area contributed by atoms with Gasteiger partial charge in [0.05, 0.1) is 32.5 Å². The van der Waals surface area contributed by atoms with E-state index in [-0.39, 0.29) is 0 Å². The standard InChI is InChI=1S/C16H23N15/c1-2-21-24-23-13(1)14-15(28-10-7-22-25-28)30(26-8-5-17-11-26)31(27-9-6-18-12-27)29(14)16-19-3-4-20-16/h1-4,12,17,22,25H,5-11H2,(H,19,20). The Morgan fingerprint density at radius 3 is 2.74 bits per heavy atom. The molecule has 4 N–H and O–H groups in total. The van der Waals surface area contributed by atoms with E-state index in [2.05, 4.69) is 66.8 Å². The number of imidazole rings is 1. The Morgan fingerprint density at radius 2 is 2.06 bits per heavy atom. The molecule has 0 unspecified atom stereocenters. The SMILES string of the molecule is C1=NCCN1N1N(c2ncc[nH]2)C(c2ccnnn2)=C(N2CCNN2)N1N1CCNC1. The van der Waals surface area contributed by atoms with Crippen molar-refractivity contribution in [3.05, 3.63) is 36.2 Å². The number of aromatic nitrogens is 5. The van der Waals surface area contributed by atoms with Crippen LogP contribution in [0.1, 0.15) is 5.69 Å². The summed E-state index contributed by atoms with van der Waals surface area (Å²) in [5.41, 5.74) is 7.95. The van der Waals surface area contributed by atoms with Crippen molar-refractivity contribution in [3.63, 3.8) is 0 Å². The van der Waals surface area contributed by atoms with Crippen LogP contribution in [0.4, 0.5) is 5.95 Å². The van der Waals surface area contributed by atoms with Crippen LogP contribution in [0.15, 0.2) is 35.5 Å². The summed E-state index contributed by atoms with van der Waals surface area (Å²) in [6.45, 7) is 5.46. The third-order valence-electron chi connectivity index (χ3n) is 5.33. The van der Waals surface area contributed by atoms with E-state index >= 15 is 0 Å². The van der Waals surface area contributed by atoms with Crippen molar-refractivity contribution >= 4 is 18.0 Å². The normalized spacial score (nSPS) is 22.7. The fourth-order valence-corrected chi connectivity index (χ4v) is 4.01. The Bertz CT molecular complexity index is 947. The number of H-pyrrole nitrogens is 1. The van der Waals surface area contributed by atoms with Crippen LogP contribution in [-0.2, 0) is 0 Å². The Hall–Kier alpha value is -3.37. The largest absolute Gasteiger partial charge is 0.329 e. The van der Waals surface area contributed by atoms with E-state index in [4.69, 9.17) is 0 Å². The molecule has 31 heavy (non-hydrogen) atoms. The zero-order valence-electron chi connectivity index (χ0n) is 16.8. The lowest BCUT2D eigenvalue weighted by molar-refractivity contribution is -0.225. The van der Waals surface area contributed by atoms with Gasteiger partial charge in [0.15, 0.2) is 5.82 Å². The van der Waals surface area contributed by atoms with E-state index in [1.807, 2.05) is 22.6 Å². The van der Waals surface area contributed by atoms with Crippen LogP contribution in [0.25, 0.3) is 5.70 Å². The summed E-state index contributed by atoms with van der Waals surface area (Å²) in [6, 6.07) is 1.85. The number of aliphatic imine (C=N–C) groups is 1. The minimum absolute atomic E-state index is 0.647. The number of nitrogens with one attached hydrogen (secondary N) is 4. The molecule has 15 heteroatoms. The maximum Gasteiger partial charge on any atom is 0.225 e. The molecule has 2 aromatic heterocycles. The zero-order valence-corrected chi connectivity index (χ0v) is 16.8. The molecule has 0 spiro atoms. The molecule has 2 fully saturated rings. The second-order valence-corrected chi connectivity index (χ2v) is 7.22. The topological polar surface area (TPSA) is 135 Å². The van der Waals surface area contributed by atoms with Gasteiger partial charge < -0.3 is 10.3 Å². The molecule has 15 nitrogen and oxygen atoms in total. The minimum Gasteiger partial charge on any atom is -0.329 e. The molecule has 0 aliphatic carbocycles. The van der Waals surface area contributed by atoms with Crippen molar-refractivity contribution in [2.45, 2.75) is 0 Å². The van der Waals surface area contributed by atoms with Gasteiger partial charge in [-0.1, -0.05) is 0 Å². The van der Waals surface area contributed by atoms with Gasteiger partial charge in [-0.15, -0.1) is 10.2 Å². The van der Waals surface area contributed by atoms with Crippen molar-refractivity contribution in [2.24, 2.45) is 4.99 Å². The molecule has 2 aromatic rings. The van der Waals surface area contributed by atoms with Crippen molar-refractivity contribution in [1.82, 2.24) is 67.0 Å². The summed E-state index contributed by atoms with van der Waals surface area (Å²) in [5.74, 6) is 1.54. The van der Waals surface area contributed by atoms with Crippen molar-refractivity contribution in [3.8, 4) is 0 Å². The predicted octanol–water partition coefficient (Wildman–Crippen LogP) is -2.46. The Labute approximate surface area is 177 Å². The average Bonchev–Trinajstić information content (AvgIpc) is 3.63. The molecule has 0 aromatic carbocycles. The molecule has 6 heterocycles. The molecule has 4 aliphatic rings. The quantitative estimate of drug-likeness (QED) is 0.403. The highest BCUT2D eigenvalue weighted by Gasteiger charge is 2.49. The highest BCUT2D eigenvalue weighted by Crippen LogP contribution is 2.40. The fourth-order valence-electron chi connectivity index (χ4n) is 4.01. The second-order valence-electron chi connectivity index (χ2n) is 7.22. The van der Waals surface area contributed by atoms with E-state index in [0.29, 0.717) is 18.3 Å². The number of nitrogens with zero attached hydrogens (tertiary/aromatic N) is 11. The van der Waals surface area contributed by atoms with Crippen molar-refractivity contribution in [2.75, 3.05) is 50.9 Å². The van der Waals surface area contributed by atoms with Crippen LogP contribution in [0.2, 0.25) is 0 Å². The first-order valence-electron chi connectivity index (χ1n) is 10.2. The molecule has 0 radical (unpaired) electrons. The summed E-state index contributed by atoms with van der Waals surface area (Å²) in [6.07, 6.45) is 7.03. The molecular weight excluding hydrogens is 402 g/mol. The van der Waals surface area contributed by atoms with Gasteiger partial charge in [-0.05, 0) is 16.5 Å². The van der Waals surface area contributed by atoms with Crippen LogP contribution in [0, 0.1) is 0 Å². The summed E-state index contributed by atoms with van der Waals surface area (Å²) < 4.78 is 0. The van der Waals surface area contributed by atoms with Crippen molar-refractivity contribution in [1.29, 1.82) is 0 Å². The van der Waals surface area contributed by atoms with Crippen LogP contribution < -0.4 is 21.3 Å². The monoisotopic (exact) mass is 425 g/mol. The summed E-state index contributed by atoms with van der Waals surface area (Å²) >= 11 is 0. The fraction of sp³-hybridized carbons (Fsp3) is 0.438. The number of rotatable bonds is 5. The van der Waals surface area contributed by atoms with Crippen LogP contribution in [-0.4, -0.2) is 103 Å². The summed E-state index contributed by atoms with van der Waals surface area (Å²) in [4.78, 5) is 12.3. The number of anilines is 1. The van der Waals surface area contributed by atoms with Crippen LogP contribution in [0.3, 0.4) is 0 Å². The molecule has 6 rings (SSSR count). The lowest BCUT2D eigenvalue weighted by atomic mass is 10.3. The lowest BCUT2D eigenvalue weighted by Crippen LogP contribution is -2.62. The third-order valence-corrected chi connectivity index (χ3v) is 5.33. The molecule has 0 atom stereocenters. The lowest BCUT2D eigenvalue weighted by Gasteiger charge is -2.43. The molecule has 0 amide bonds. The average molecular weight is 425 g/mol. The van der Waals surface area contributed by atoms with Crippen molar-refractivity contribution < 1.29 is 0 Å². The third kappa shape index (κ3) is 3.06. The molecule has 2 saturated heterocycles. The van der Waals surface area contributed by atoms with Gasteiger partial charge in [-0.3, -0.25) is 15.0 Å². The zero-order chi connectivity index (χ0) is 20.6. The molecule has 0 saturated carbocycles. The first kappa shape index (κ1) is 18.4. The minimum atomic E-state index is 0.647. The Kier molecular flexibility index (Phi) is 4.58. The highest BCUT2D eigenvalue weighted by molar-refractivity contribution is 5.78. The van der Waals surface area contributed by atoms with Crippen LogP contribution >= 0.6 is 0 Å². The number of aromatic amines is 1. The summed E-state index contributed by atoms with van der Waals surface area (Å²) in [7, 11) is 0. The van der Waals surface area contributed by atoms with E-state index in [0.717, 1.165) is 50.8 Å². The van der Waals surface area contributed by atoms with Gasteiger partial charge in [0.25, 0.3) is 0 Å². The van der Waals surface area contributed by atoms with Gasteiger partial charge in [-0.25, -0.2) is 10.4 Å². The van der Waals surface area contributed by atoms with Crippen LogP contribution in [0.5, 0.6) is 0 Å². The number of hydrogen-bond acceptors (Lipinski definition) is 14. The Balaban J connectivity index is 1.57. The van der Waals surface area contributed by atoms with Gasteiger partial charge in [-0.2, -0.15) is 20.7 Å². The maximum absolute atomic E-state index is 4.56. The van der Waals surface area contributed by atoms with E-state index in [1.54, 1.807) is 18.6 Å². The Morgan fingerprint density at radius 1 is 1.06 bits per heavy atom. The number of hydrogen-bond donors (Lipinski definition) is 4. The molecule has 162 valence electrons. The van der Waals surface area contributed by atoms with E-state index in [1.165, 1.54) is 0 Å². The van der Waals surface area contributed by atoms with Gasteiger partial charge in [0.1, 0.15) is 17.7 Å². The van der Waals surface area contributed by atoms with Gasteiger partial charge in [0.2, 0.25) is 5.95 Å². The predicted molar refractivity (Wildman–Crippen MR) is 109 cm³/mol. The summed E-state index contributed by atoms with van der Waals surface area (Å²) in [5, 5.41) is 28.1. The smallest absolute Gasteiger partial charge is 0.225 e. The van der Waals surface area contributed by atoms with Gasteiger partial charge >= 0.3 is 0 Å². The number of hydrazine groups is 6. The first-order chi connectivity index (χ1) is 15.4. The first-order valence-corrected chi connectivity index (χ1v) is 10.2. The highest BCUT2D eigenvalue weighted by atomic mass is 16.2. The maximum atomic E-state index is 4.56. The molecule has 0 bridgehead atoms.